The number of carbonyl (C=O) groups is 1. The van der Waals surface area contributed by atoms with Crippen molar-refractivity contribution in [2.24, 2.45) is 0 Å². The number of nitrogens with one attached hydrogen (secondary N) is 1. The molecule has 0 atom stereocenters. The van der Waals surface area contributed by atoms with Gasteiger partial charge in [-0.1, -0.05) is 78.9 Å². The highest BCUT2D eigenvalue weighted by Gasteiger charge is 2.38. The molecule has 0 unspecified atom stereocenters. The van der Waals surface area contributed by atoms with Crippen LogP contribution >= 0.6 is 0 Å². The third-order valence-corrected chi connectivity index (χ3v) is 6.63. The molecule has 4 nitrogen and oxygen atoms in total. The summed E-state index contributed by atoms with van der Waals surface area (Å²) in [7, 11) is 1.84. The number of benzene rings is 5. The Balaban J connectivity index is 1.41. The quantitative estimate of drug-likeness (QED) is 0.290. The Hall–Kier alpha value is -4.57. The Morgan fingerprint density at radius 3 is 2.14 bits per heavy atom. The first kappa shape index (κ1) is 21.0. The SMILES string of the molecule is Cc1cc(-c2ccccc2)c2c(N(C)C(=O)Nc3ccc4ccccc4c3)c1N2c1ccccc1. The van der Waals surface area contributed by atoms with Crippen LogP contribution in [-0.2, 0) is 0 Å². The second-order valence-electron chi connectivity index (χ2n) is 8.87. The van der Waals surface area contributed by atoms with Crippen LogP contribution in [0.5, 0.6) is 0 Å². The van der Waals surface area contributed by atoms with Crippen LogP contribution in [0.1, 0.15) is 5.56 Å². The molecule has 0 aliphatic carbocycles. The highest BCUT2D eigenvalue weighted by atomic mass is 16.2. The van der Waals surface area contributed by atoms with Crippen LogP contribution in [0.4, 0.5) is 33.2 Å². The number of aryl methyl sites for hydroxylation is 1. The lowest BCUT2D eigenvalue weighted by Gasteiger charge is -2.44. The van der Waals surface area contributed by atoms with E-state index < -0.39 is 0 Å². The lowest BCUT2D eigenvalue weighted by molar-refractivity contribution is 0.258. The lowest BCUT2D eigenvalue weighted by atomic mass is 9.89. The second kappa shape index (κ2) is 8.33. The fourth-order valence-electron chi connectivity index (χ4n) is 4.91. The average molecular weight is 456 g/mol. The minimum absolute atomic E-state index is 0.167. The zero-order chi connectivity index (χ0) is 23.9. The van der Waals surface area contributed by atoms with Gasteiger partial charge in [0.1, 0.15) is 0 Å². The number of hydrogen-bond donors (Lipinski definition) is 1. The number of amides is 2. The van der Waals surface area contributed by atoms with Gasteiger partial charge >= 0.3 is 6.03 Å². The van der Waals surface area contributed by atoms with Gasteiger partial charge in [-0.25, -0.2) is 4.79 Å². The molecule has 2 aliphatic heterocycles. The second-order valence-corrected chi connectivity index (χ2v) is 8.87. The van der Waals surface area contributed by atoms with Gasteiger partial charge in [0.15, 0.2) is 0 Å². The van der Waals surface area contributed by atoms with Gasteiger partial charge in [0.25, 0.3) is 0 Å². The van der Waals surface area contributed by atoms with Crippen molar-refractivity contribution < 1.29 is 4.79 Å². The van der Waals surface area contributed by atoms with Gasteiger partial charge in [-0.2, -0.15) is 0 Å². The van der Waals surface area contributed by atoms with E-state index in [1.807, 2.05) is 73.8 Å². The van der Waals surface area contributed by atoms with E-state index in [1.165, 1.54) is 0 Å². The number of anilines is 5. The minimum Gasteiger partial charge on any atom is -0.308 e. The first-order valence-corrected chi connectivity index (χ1v) is 11.7. The summed E-state index contributed by atoms with van der Waals surface area (Å²) in [6.45, 7) is 2.11. The van der Waals surface area contributed by atoms with Crippen molar-refractivity contribution in [1.82, 2.24) is 0 Å². The summed E-state index contributed by atoms with van der Waals surface area (Å²) >= 11 is 0. The van der Waals surface area contributed by atoms with Crippen molar-refractivity contribution in [3.8, 4) is 11.1 Å². The topological polar surface area (TPSA) is 35.6 Å². The average Bonchev–Trinajstić information content (AvgIpc) is 2.89. The molecule has 0 radical (unpaired) electrons. The number of nitrogens with zero attached hydrogens (tertiary/aromatic N) is 2. The number of carbonyl (C=O) groups excluding carboxylic acids is 1. The van der Waals surface area contributed by atoms with E-state index >= 15 is 0 Å². The van der Waals surface area contributed by atoms with Crippen LogP contribution < -0.4 is 15.1 Å². The van der Waals surface area contributed by atoms with Crippen molar-refractivity contribution in [3.05, 3.63) is 115 Å². The predicted molar refractivity (Wildman–Crippen MR) is 146 cm³/mol. The first-order chi connectivity index (χ1) is 17.1. The molecule has 0 saturated heterocycles. The number of fused-ring (bicyclic) bond motifs is 3. The highest BCUT2D eigenvalue weighted by Crippen LogP contribution is 2.61. The van der Waals surface area contributed by atoms with Crippen molar-refractivity contribution >= 4 is 45.2 Å². The normalized spacial score (nSPS) is 11.8. The Bertz CT molecular complexity index is 1560. The Morgan fingerprint density at radius 1 is 0.743 bits per heavy atom. The number of rotatable bonds is 4. The molecule has 0 saturated carbocycles. The van der Waals surface area contributed by atoms with E-state index in [-0.39, 0.29) is 6.03 Å². The maximum absolute atomic E-state index is 13.4. The molecule has 170 valence electrons. The summed E-state index contributed by atoms with van der Waals surface area (Å²) in [6, 6.07) is 36.9. The van der Waals surface area contributed by atoms with E-state index in [4.69, 9.17) is 0 Å². The van der Waals surface area contributed by atoms with Crippen LogP contribution in [0, 0.1) is 6.92 Å². The molecule has 2 amide bonds. The molecule has 35 heavy (non-hydrogen) atoms. The van der Waals surface area contributed by atoms with Crippen molar-refractivity contribution in [2.45, 2.75) is 6.92 Å². The Morgan fingerprint density at radius 2 is 1.40 bits per heavy atom. The van der Waals surface area contributed by atoms with Gasteiger partial charge in [-0.15, -0.1) is 0 Å². The highest BCUT2D eigenvalue weighted by molar-refractivity contribution is 6.18. The van der Waals surface area contributed by atoms with Crippen LogP contribution in [-0.4, -0.2) is 13.1 Å². The van der Waals surface area contributed by atoms with Gasteiger partial charge in [-0.05, 0) is 59.2 Å². The zero-order valence-electron chi connectivity index (χ0n) is 19.7. The third kappa shape index (κ3) is 3.51. The summed E-state index contributed by atoms with van der Waals surface area (Å²) in [5.74, 6) is 0. The van der Waals surface area contributed by atoms with Crippen LogP contribution in [0.2, 0.25) is 0 Å². The molecule has 0 aromatic heterocycles. The first-order valence-electron chi connectivity index (χ1n) is 11.7. The molecule has 5 aromatic rings. The zero-order valence-corrected chi connectivity index (χ0v) is 19.7. The van der Waals surface area contributed by atoms with E-state index in [0.29, 0.717) is 0 Å². The van der Waals surface area contributed by atoms with Crippen molar-refractivity contribution in [2.75, 3.05) is 22.2 Å². The molecule has 2 bridgehead atoms. The van der Waals surface area contributed by atoms with Gasteiger partial charge in [-0.3, -0.25) is 4.90 Å². The summed E-state index contributed by atoms with van der Waals surface area (Å²) in [4.78, 5) is 17.4. The van der Waals surface area contributed by atoms with E-state index in [2.05, 4.69) is 59.6 Å². The van der Waals surface area contributed by atoms with Crippen molar-refractivity contribution in [3.63, 3.8) is 0 Å². The molecule has 5 aromatic carbocycles. The molecule has 4 heteroatoms. The van der Waals surface area contributed by atoms with Crippen LogP contribution in [0.15, 0.2) is 109 Å². The summed E-state index contributed by atoms with van der Waals surface area (Å²) < 4.78 is 0. The number of para-hydroxylation sites is 1. The molecular formula is C31H25N3O. The van der Waals surface area contributed by atoms with Crippen LogP contribution in [0.3, 0.4) is 0 Å². The number of hydrogen-bond acceptors (Lipinski definition) is 2. The number of urea groups is 1. The fourth-order valence-corrected chi connectivity index (χ4v) is 4.91. The summed E-state index contributed by atoms with van der Waals surface area (Å²) in [5.41, 5.74) is 8.27. The molecule has 0 spiro atoms. The molecule has 7 rings (SSSR count). The fraction of sp³-hybridized carbons (Fsp3) is 0.0645. The monoisotopic (exact) mass is 455 g/mol. The molecule has 2 heterocycles. The molecule has 0 fully saturated rings. The third-order valence-electron chi connectivity index (χ3n) is 6.63. The molecular weight excluding hydrogens is 430 g/mol. The van der Waals surface area contributed by atoms with Gasteiger partial charge in [0.05, 0.1) is 17.1 Å². The predicted octanol–water partition coefficient (Wildman–Crippen LogP) is 8.27. The molecule has 1 N–H and O–H groups in total. The van der Waals surface area contributed by atoms with Gasteiger partial charge in [0, 0.05) is 24.0 Å². The summed E-state index contributed by atoms with van der Waals surface area (Å²) in [6.07, 6.45) is 0. The smallest absolute Gasteiger partial charge is 0.308 e. The molecule has 2 aliphatic rings. The van der Waals surface area contributed by atoms with Crippen molar-refractivity contribution in [1.29, 1.82) is 0 Å². The van der Waals surface area contributed by atoms with Gasteiger partial charge < -0.3 is 10.2 Å². The van der Waals surface area contributed by atoms with Gasteiger partial charge in [0.2, 0.25) is 0 Å². The Labute approximate surface area is 205 Å². The van der Waals surface area contributed by atoms with Crippen LogP contribution in [0.25, 0.3) is 21.9 Å². The van der Waals surface area contributed by atoms with E-state index in [0.717, 1.165) is 55.9 Å². The van der Waals surface area contributed by atoms with E-state index in [1.54, 1.807) is 4.90 Å². The Kier molecular flexibility index (Phi) is 5.00. The lowest BCUT2D eigenvalue weighted by Crippen LogP contribution is -2.37. The largest absolute Gasteiger partial charge is 0.326 e. The maximum Gasteiger partial charge on any atom is 0.326 e. The maximum atomic E-state index is 13.4. The summed E-state index contributed by atoms with van der Waals surface area (Å²) in [5, 5.41) is 5.33. The standard InChI is InChI=1S/C31H25N3O/c1-21-19-27(23-12-5-3-6-13-23)29-30(28(21)34(29)26-15-7-4-8-16-26)33(2)31(35)32-25-18-17-22-11-9-10-14-24(22)20-25/h3-20H,1-2H3,(H,32,35). The van der Waals surface area contributed by atoms with E-state index in [9.17, 15) is 4.79 Å². The minimum atomic E-state index is -0.167.